The molecule has 1 aromatic carbocycles. The lowest BCUT2D eigenvalue weighted by atomic mass is 10.1. The summed E-state index contributed by atoms with van der Waals surface area (Å²) in [5, 5.41) is 6.65. The van der Waals surface area contributed by atoms with E-state index in [2.05, 4.69) is 40.5 Å². The highest BCUT2D eigenvalue weighted by Crippen LogP contribution is 2.25. The molecular weight excluding hydrogens is 455 g/mol. The van der Waals surface area contributed by atoms with Gasteiger partial charge in [-0.05, 0) is 49.6 Å². The maximum Gasteiger partial charge on any atom is 0.191 e. The van der Waals surface area contributed by atoms with Crippen LogP contribution in [0.15, 0.2) is 41.7 Å². The zero-order chi connectivity index (χ0) is 18.8. The lowest BCUT2D eigenvalue weighted by Crippen LogP contribution is -2.38. The number of guanidine groups is 1. The van der Waals surface area contributed by atoms with Gasteiger partial charge in [-0.3, -0.25) is 4.98 Å². The van der Waals surface area contributed by atoms with Gasteiger partial charge in [-0.1, -0.05) is 0 Å². The first kappa shape index (κ1) is 23.0. The molecule has 0 amide bonds. The van der Waals surface area contributed by atoms with E-state index in [4.69, 9.17) is 9.47 Å². The first-order valence-corrected chi connectivity index (χ1v) is 8.80. The second kappa shape index (κ2) is 12.4. The van der Waals surface area contributed by atoms with Crippen molar-refractivity contribution >= 4 is 29.9 Å². The van der Waals surface area contributed by atoms with Gasteiger partial charge in [-0.2, -0.15) is 0 Å². The Morgan fingerprint density at radius 2 is 1.93 bits per heavy atom. The van der Waals surface area contributed by atoms with Crippen molar-refractivity contribution < 1.29 is 9.47 Å². The monoisotopic (exact) mass is 484 g/mol. The molecule has 0 aliphatic rings. The van der Waals surface area contributed by atoms with Crippen molar-refractivity contribution in [2.75, 3.05) is 27.3 Å². The van der Waals surface area contributed by atoms with E-state index in [9.17, 15) is 0 Å². The Hall–Kier alpha value is -2.03. The molecule has 0 bridgehead atoms. The summed E-state index contributed by atoms with van der Waals surface area (Å²) in [5.41, 5.74) is 3.51. The van der Waals surface area contributed by atoms with E-state index in [-0.39, 0.29) is 24.0 Å². The minimum atomic E-state index is 0. The summed E-state index contributed by atoms with van der Waals surface area (Å²) in [7, 11) is 3.30. The van der Waals surface area contributed by atoms with Gasteiger partial charge in [0.25, 0.3) is 0 Å². The largest absolute Gasteiger partial charge is 0.497 e. The molecule has 0 saturated heterocycles. The Kier molecular flexibility index (Phi) is 10.5. The SMILES string of the molecule is CCNC(=NCc1ccc(OC)cc1OC)NCCc1ccncc1C.I. The third-order valence-corrected chi connectivity index (χ3v) is 4.07. The molecule has 7 heteroatoms. The molecule has 0 unspecified atom stereocenters. The number of benzene rings is 1. The molecule has 2 N–H and O–H groups in total. The predicted molar refractivity (Wildman–Crippen MR) is 120 cm³/mol. The molecule has 0 spiro atoms. The average Bonchev–Trinajstić information content (AvgIpc) is 2.67. The van der Waals surface area contributed by atoms with Crippen LogP contribution in [0.25, 0.3) is 0 Å². The topological polar surface area (TPSA) is 67.8 Å². The van der Waals surface area contributed by atoms with Crippen LogP contribution in [0.2, 0.25) is 0 Å². The second-order valence-electron chi connectivity index (χ2n) is 5.85. The number of nitrogens with zero attached hydrogens (tertiary/aromatic N) is 2. The van der Waals surface area contributed by atoms with Gasteiger partial charge >= 0.3 is 0 Å². The number of methoxy groups -OCH3 is 2. The summed E-state index contributed by atoms with van der Waals surface area (Å²) in [6, 6.07) is 7.83. The van der Waals surface area contributed by atoms with Crippen molar-refractivity contribution in [2.45, 2.75) is 26.8 Å². The Morgan fingerprint density at radius 3 is 2.59 bits per heavy atom. The summed E-state index contributed by atoms with van der Waals surface area (Å²) in [6.07, 6.45) is 4.65. The van der Waals surface area contributed by atoms with E-state index in [1.807, 2.05) is 30.6 Å². The lowest BCUT2D eigenvalue weighted by molar-refractivity contribution is 0.391. The molecular formula is C20H29IN4O2. The third-order valence-electron chi connectivity index (χ3n) is 4.07. The number of aliphatic imine (C=N–C) groups is 1. The van der Waals surface area contributed by atoms with Crippen molar-refractivity contribution in [2.24, 2.45) is 4.99 Å². The highest BCUT2D eigenvalue weighted by Gasteiger charge is 2.06. The number of rotatable bonds is 8. The number of halogens is 1. The standard InChI is InChI=1S/C20H28N4O2.HI/c1-5-22-20(23-11-9-16-8-10-21-13-15(16)2)24-14-17-6-7-18(25-3)12-19(17)26-4;/h6-8,10,12-13H,5,9,11,14H2,1-4H3,(H2,22,23,24);1H. The molecule has 0 fully saturated rings. The van der Waals surface area contributed by atoms with E-state index < -0.39 is 0 Å². The van der Waals surface area contributed by atoms with Gasteiger partial charge in [0, 0.05) is 37.1 Å². The Bertz CT molecular complexity index is 738. The lowest BCUT2D eigenvalue weighted by Gasteiger charge is -2.13. The van der Waals surface area contributed by atoms with E-state index in [0.717, 1.165) is 42.5 Å². The van der Waals surface area contributed by atoms with Crippen LogP contribution in [0.1, 0.15) is 23.6 Å². The van der Waals surface area contributed by atoms with Gasteiger partial charge in [-0.15, -0.1) is 24.0 Å². The number of hydrogen-bond donors (Lipinski definition) is 2. The molecule has 2 rings (SSSR count). The first-order chi connectivity index (χ1) is 12.7. The van der Waals surface area contributed by atoms with Gasteiger partial charge < -0.3 is 20.1 Å². The summed E-state index contributed by atoms with van der Waals surface area (Å²) < 4.78 is 10.7. The van der Waals surface area contributed by atoms with E-state index in [1.165, 1.54) is 11.1 Å². The minimum Gasteiger partial charge on any atom is -0.497 e. The van der Waals surface area contributed by atoms with E-state index >= 15 is 0 Å². The van der Waals surface area contributed by atoms with Crippen LogP contribution in [-0.4, -0.2) is 38.3 Å². The highest BCUT2D eigenvalue weighted by molar-refractivity contribution is 14.0. The molecule has 1 aromatic heterocycles. The zero-order valence-corrected chi connectivity index (χ0v) is 18.7. The van der Waals surface area contributed by atoms with E-state index in [1.54, 1.807) is 14.2 Å². The molecule has 2 aromatic rings. The fourth-order valence-corrected chi connectivity index (χ4v) is 2.59. The van der Waals surface area contributed by atoms with Crippen LogP contribution >= 0.6 is 24.0 Å². The molecule has 6 nitrogen and oxygen atoms in total. The normalized spacial score (nSPS) is 10.7. The minimum absolute atomic E-state index is 0. The van der Waals surface area contributed by atoms with Crippen molar-refractivity contribution in [3.8, 4) is 11.5 Å². The number of aromatic nitrogens is 1. The fraction of sp³-hybridized carbons (Fsp3) is 0.400. The summed E-state index contributed by atoms with van der Waals surface area (Å²) in [5.74, 6) is 2.33. The predicted octanol–water partition coefficient (Wildman–Crippen LogP) is 3.32. The first-order valence-electron chi connectivity index (χ1n) is 8.80. The van der Waals surface area contributed by atoms with Gasteiger partial charge in [0.15, 0.2) is 5.96 Å². The van der Waals surface area contributed by atoms with Crippen molar-refractivity contribution in [3.05, 3.63) is 53.3 Å². The Morgan fingerprint density at radius 1 is 1.11 bits per heavy atom. The number of nitrogens with one attached hydrogen (secondary N) is 2. The molecule has 0 atom stereocenters. The zero-order valence-electron chi connectivity index (χ0n) is 16.4. The fourth-order valence-electron chi connectivity index (χ4n) is 2.59. The molecule has 0 radical (unpaired) electrons. The van der Waals surface area contributed by atoms with Crippen LogP contribution in [0.5, 0.6) is 11.5 Å². The van der Waals surface area contributed by atoms with Crippen LogP contribution in [-0.2, 0) is 13.0 Å². The van der Waals surface area contributed by atoms with Gasteiger partial charge in [0.1, 0.15) is 11.5 Å². The summed E-state index contributed by atoms with van der Waals surface area (Å²) in [4.78, 5) is 8.79. The van der Waals surface area contributed by atoms with E-state index in [0.29, 0.717) is 6.54 Å². The molecule has 0 aliphatic heterocycles. The molecule has 27 heavy (non-hydrogen) atoms. The Balaban J connectivity index is 0.00000364. The Labute approximate surface area is 178 Å². The number of pyridine rings is 1. The van der Waals surface area contributed by atoms with Crippen LogP contribution in [0.3, 0.4) is 0 Å². The smallest absolute Gasteiger partial charge is 0.191 e. The molecule has 148 valence electrons. The average molecular weight is 484 g/mol. The highest BCUT2D eigenvalue weighted by atomic mass is 127. The second-order valence-corrected chi connectivity index (χ2v) is 5.85. The molecule has 0 aliphatic carbocycles. The molecule has 0 saturated carbocycles. The van der Waals surface area contributed by atoms with Gasteiger partial charge in [0.05, 0.1) is 20.8 Å². The van der Waals surface area contributed by atoms with Gasteiger partial charge in [-0.25, -0.2) is 4.99 Å². The van der Waals surface area contributed by atoms with Crippen LogP contribution in [0.4, 0.5) is 0 Å². The number of ether oxygens (including phenoxy) is 2. The van der Waals surface area contributed by atoms with Gasteiger partial charge in [0.2, 0.25) is 0 Å². The quantitative estimate of drug-likeness (QED) is 0.342. The summed E-state index contributed by atoms with van der Waals surface area (Å²) in [6.45, 7) is 6.27. The maximum absolute atomic E-state index is 5.44. The maximum atomic E-state index is 5.44. The number of hydrogen-bond acceptors (Lipinski definition) is 4. The van der Waals surface area contributed by atoms with Crippen LogP contribution in [0, 0.1) is 6.92 Å². The van der Waals surface area contributed by atoms with Crippen molar-refractivity contribution in [1.82, 2.24) is 15.6 Å². The summed E-state index contributed by atoms with van der Waals surface area (Å²) >= 11 is 0. The van der Waals surface area contributed by atoms with Crippen molar-refractivity contribution in [1.29, 1.82) is 0 Å². The third kappa shape index (κ3) is 7.24. The van der Waals surface area contributed by atoms with Crippen LogP contribution < -0.4 is 20.1 Å². The van der Waals surface area contributed by atoms with Crippen molar-refractivity contribution in [3.63, 3.8) is 0 Å². The number of aryl methyl sites for hydroxylation is 1. The molecule has 1 heterocycles.